The van der Waals surface area contributed by atoms with Crippen LogP contribution in [0.5, 0.6) is 5.75 Å². The van der Waals surface area contributed by atoms with Gasteiger partial charge in [0.1, 0.15) is 18.3 Å². The lowest BCUT2D eigenvalue weighted by atomic mass is 10.0. The third-order valence-electron chi connectivity index (χ3n) is 7.36. The Morgan fingerprint density at radius 2 is 1.47 bits per heavy atom. The SMILES string of the molecule is CCOc1ccccc1N(CC(=O)N(Cc1ccc(C)cc1)C(Cc1ccccc1)C(=O)NC(C)(C)C)S(=O)(=O)c1ccc(Cl)cc1. The second kappa shape index (κ2) is 15.5. The first-order valence-corrected chi connectivity index (χ1v) is 17.3. The van der Waals surface area contributed by atoms with Gasteiger partial charge in [0.05, 0.1) is 17.2 Å². The van der Waals surface area contributed by atoms with Crippen molar-refractivity contribution in [2.24, 2.45) is 0 Å². The number of para-hydroxylation sites is 2. The zero-order chi connectivity index (χ0) is 34.2. The van der Waals surface area contributed by atoms with Crippen molar-refractivity contribution in [1.29, 1.82) is 0 Å². The minimum absolute atomic E-state index is 0.0441. The van der Waals surface area contributed by atoms with E-state index >= 15 is 0 Å². The monoisotopic (exact) mass is 675 g/mol. The van der Waals surface area contributed by atoms with Gasteiger partial charge in [-0.05, 0) is 82.1 Å². The fourth-order valence-corrected chi connectivity index (χ4v) is 6.64. The molecule has 0 spiro atoms. The van der Waals surface area contributed by atoms with Crippen LogP contribution in [0.2, 0.25) is 5.02 Å². The van der Waals surface area contributed by atoms with E-state index in [-0.39, 0.29) is 36.1 Å². The fraction of sp³-hybridized carbons (Fsp3) is 0.297. The van der Waals surface area contributed by atoms with Gasteiger partial charge in [-0.2, -0.15) is 0 Å². The molecule has 0 radical (unpaired) electrons. The maximum Gasteiger partial charge on any atom is 0.264 e. The van der Waals surface area contributed by atoms with Crippen molar-refractivity contribution in [2.75, 3.05) is 17.5 Å². The maximum atomic E-state index is 14.7. The molecule has 0 heterocycles. The Balaban J connectivity index is 1.85. The second-order valence-corrected chi connectivity index (χ2v) is 14.6. The number of hydrogen-bond acceptors (Lipinski definition) is 5. The summed E-state index contributed by atoms with van der Waals surface area (Å²) in [5, 5.41) is 3.42. The van der Waals surface area contributed by atoms with Crippen LogP contribution >= 0.6 is 11.6 Å². The van der Waals surface area contributed by atoms with Gasteiger partial charge in [-0.15, -0.1) is 0 Å². The summed E-state index contributed by atoms with van der Waals surface area (Å²) in [6, 6.07) is 28.7. The van der Waals surface area contributed by atoms with Crippen LogP contribution in [0.3, 0.4) is 0 Å². The number of rotatable bonds is 13. The van der Waals surface area contributed by atoms with Gasteiger partial charge < -0.3 is 15.0 Å². The standard InChI is InChI=1S/C37H42ClN3O5S/c1-6-46-34-15-11-10-14-32(34)41(47(44,45)31-22-20-30(38)21-23-31)26-35(42)40(25-29-18-16-27(2)17-19-29)33(36(43)39-37(3,4)5)24-28-12-8-7-9-13-28/h7-23,33H,6,24-26H2,1-5H3,(H,39,43). The largest absolute Gasteiger partial charge is 0.492 e. The number of carbonyl (C=O) groups excluding carboxylic acids is 2. The Kier molecular flexibility index (Phi) is 11.7. The van der Waals surface area contributed by atoms with Gasteiger partial charge in [-0.1, -0.05) is 83.9 Å². The lowest BCUT2D eigenvalue weighted by Gasteiger charge is -2.35. The van der Waals surface area contributed by atoms with Gasteiger partial charge in [-0.25, -0.2) is 8.42 Å². The van der Waals surface area contributed by atoms with Crippen LogP contribution in [0.15, 0.2) is 108 Å². The molecule has 8 nitrogen and oxygen atoms in total. The van der Waals surface area contributed by atoms with E-state index in [1.54, 1.807) is 31.2 Å². The molecule has 4 aromatic carbocycles. The van der Waals surface area contributed by atoms with Gasteiger partial charge in [0.25, 0.3) is 10.0 Å². The number of anilines is 1. The van der Waals surface area contributed by atoms with E-state index in [4.69, 9.17) is 16.3 Å². The molecule has 47 heavy (non-hydrogen) atoms. The summed E-state index contributed by atoms with van der Waals surface area (Å²) in [5.74, 6) is -0.597. The first kappa shape index (κ1) is 35.5. The van der Waals surface area contributed by atoms with Crippen LogP contribution in [0.1, 0.15) is 44.4 Å². The van der Waals surface area contributed by atoms with Crippen molar-refractivity contribution in [1.82, 2.24) is 10.2 Å². The molecule has 4 aromatic rings. The van der Waals surface area contributed by atoms with E-state index in [2.05, 4.69) is 5.32 Å². The van der Waals surface area contributed by atoms with Crippen molar-refractivity contribution in [3.05, 3.63) is 125 Å². The van der Waals surface area contributed by atoms with E-state index in [0.717, 1.165) is 21.0 Å². The van der Waals surface area contributed by atoms with Crippen molar-refractivity contribution in [3.63, 3.8) is 0 Å². The third kappa shape index (κ3) is 9.59. The minimum Gasteiger partial charge on any atom is -0.492 e. The number of amides is 2. The van der Waals surface area contributed by atoms with Crippen LogP contribution in [0, 0.1) is 6.92 Å². The molecule has 0 aliphatic heterocycles. The zero-order valence-corrected chi connectivity index (χ0v) is 29.0. The fourth-order valence-electron chi connectivity index (χ4n) is 5.08. The molecule has 0 fully saturated rings. The summed E-state index contributed by atoms with van der Waals surface area (Å²) in [6.45, 7) is 9.17. The first-order chi connectivity index (χ1) is 22.3. The number of ether oxygens (including phenoxy) is 1. The number of nitrogens with zero attached hydrogens (tertiary/aromatic N) is 2. The minimum atomic E-state index is -4.31. The van der Waals surface area contributed by atoms with Crippen molar-refractivity contribution >= 4 is 39.1 Å². The lowest BCUT2D eigenvalue weighted by molar-refractivity contribution is -0.140. The van der Waals surface area contributed by atoms with E-state index in [1.165, 1.54) is 29.2 Å². The Hall–Kier alpha value is -4.34. The first-order valence-electron chi connectivity index (χ1n) is 15.5. The molecule has 2 amide bonds. The normalized spacial score (nSPS) is 12.2. The molecule has 0 aliphatic rings. The van der Waals surface area contributed by atoms with Gasteiger partial charge in [-0.3, -0.25) is 13.9 Å². The number of hydrogen-bond donors (Lipinski definition) is 1. The molecule has 1 unspecified atom stereocenters. The Morgan fingerprint density at radius 3 is 2.09 bits per heavy atom. The van der Waals surface area contributed by atoms with Crippen LogP contribution in [0.4, 0.5) is 5.69 Å². The molecular formula is C37H42ClN3O5S. The number of nitrogens with one attached hydrogen (secondary N) is 1. The van der Waals surface area contributed by atoms with Gasteiger partial charge in [0.2, 0.25) is 11.8 Å². The molecule has 248 valence electrons. The van der Waals surface area contributed by atoms with E-state index < -0.39 is 34.1 Å². The van der Waals surface area contributed by atoms with Gasteiger partial charge >= 0.3 is 0 Å². The smallest absolute Gasteiger partial charge is 0.264 e. The molecular weight excluding hydrogens is 634 g/mol. The van der Waals surface area contributed by atoms with Gasteiger partial charge in [0, 0.05) is 23.5 Å². The number of aryl methyl sites for hydroxylation is 1. The maximum absolute atomic E-state index is 14.7. The average molecular weight is 676 g/mol. The van der Waals surface area contributed by atoms with E-state index in [0.29, 0.717) is 10.8 Å². The van der Waals surface area contributed by atoms with Crippen molar-refractivity contribution in [2.45, 2.75) is 64.1 Å². The van der Waals surface area contributed by atoms with Crippen LogP contribution in [0.25, 0.3) is 0 Å². The molecule has 4 rings (SSSR count). The van der Waals surface area contributed by atoms with Crippen molar-refractivity contribution < 1.29 is 22.7 Å². The Labute approximate surface area is 283 Å². The molecule has 0 saturated carbocycles. The topological polar surface area (TPSA) is 96.0 Å². The number of benzene rings is 4. The highest BCUT2D eigenvalue weighted by Crippen LogP contribution is 2.33. The average Bonchev–Trinajstić information content (AvgIpc) is 3.02. The highest BCUT2D eigenvalue weighted by molar-refractivity contribution is 7.92. The summed E-state index contributed by atoms with van der Waals surface area (Å²) < 4.78 is 35.5. The summed E-state index contributed by atoms with van der Waals surface area (Å²) in [6.07, 6.45) is 0.222. The highest BCUT2D eigenvalue weighted by Gasteiger charge is 2.36. The van der Waals surface area contributed by atoms with E-state index in [9.17, 15) is 18.0 Å². The second-order valence-electron chi connectivity index (χ2n) is 12.3. The molecule has 0 aliphatic carbocycles. The highest BCUT2D eigenvalue weighted by atomic mass is 35.5. The van der Waals surface area contributed by atoms with Crippen LogP contribution in [-0.4, -0.2) is 49.9 Å². The summed E-state index contributed by atoms with van der Waals surface area (Å²) in [4.78, 5) is 30.1. The quantitative estimate of drug-likeness (QED) is 0.168. The third-order valence-corrected chi connectivity index (χ3v) is 9.38. The molecule has 1 atom stereocenters. The Bertz CT molecular complexity index is 1760. The van der Waals surface area contributed by atoms with E-state index in [1.807, 2.05) is 82.3 Å². The summed E-state index contributed by atoms with van der Waals surface area (Å²) in [5.41, 5.74) is 2.32. The summed E-state index contributed by atoms with van der Waals surface area (Å²) in [7, 11) is -4.31. The lowest BCUT2D eigenvalue weighted by Crippen LogP contribution is -2.56. The van der Waals surface area contributed by atoms with Crippen LogP contribution in [-0.2, 0) is 32.6 Å². The summed E-state index contributed by atoms with van der Waals surface area (Å²) >= 11 is 6.09. The molecule has 0 aromatic heterocycles. The number of carbonyl (C=O) groups is 2. The zero-order valence-electron chi connectivity index (χ0n) is 27.4. The molecule has 10 heteroatoms. The van der Waals surface area contributed by atoms with Crippen molar-refractivity contribution in [3.8, 4) is 5.75 Å². The predicted octanol–water partition coefficient (Wildman–Crippen LogP) is 6.80. The predicted molar refractivity (Wildman–Crippen MR) is 187 cm³/mol. The molecule has 0 bridgehead atoms. The van der Waals surface area contributed by atoms with Crippen LogP contribution < -0.4 is 14.4 Å². The number of sulfonamides is 1. The molecule has 1 N–H and O–H groups in total. The van der Waals surface area contributed by atoms with Gasteiger partial charge in [0.15, 0.2) is 0 Å². The molecule has 0 saturated heterocycles. The Morgan fingerprint density at radius 1 is 0.851 bits per heavy atom. The number of halogens is 1.